The van der Waals surface area contributed by atoms with Gasteiger partial charge in [-0.15, -0.1) is 11.8 Å². The summed E-state index contributed by atoms with van der Waals surface area (Å²) in [6, 6.07) is 7.58. The van der Waals surface area contributed by atoms with E-state index in [0.29, 0.717) is 26.2 Å². The topological polar surface area (TPSA) is 88.1 Å². The van der Waals surface area contributed by atoms with Gasteiger partial charge in [-0.1, -0.05) is 12.1 Å². The van der Waals surface area contributed by atoms with Crippen molar-refractivity contribution in [3.63, 3.8) is 0 Å². The quantitative estimate of drug-likeness (QED) is 0.619. The van der Waals surface area contributed by atoms with E-state index in [1.54, 1.807) is 10.4 Å². The normalized spacial score (nSPS) is 21.3. The Kier molecular flexibility index (Phi) is 5.16. The Morgan fingerprint density at radius 2 is 2.09 bits per heavy atom. The second kappa shape index (κ2) is 7.31. The van der Waals surface area contributed by atoms with Crippen LogP contribution < -0.4 is 10.4 Å². The van der Waals surface area contributed by atoms with Crippen LogP contribution in [0.2, 0.25) is 0 Å². The summed E-state index contributed by atoms with van der Waals surface area (Å²) < 4.78 is 10.8. The predicted octanol–water partition coefficient (Wildman–Crippen LogP) is 1.15. The largest absolute Gasteiger partial charge is 0.350 e. The van der Waals surface area contributed by atoms with Gasteiger partial charge in [0, 0.05) is 24.3 Å². The van der Waals surface area contributed by atoms with Gasteiger partial charge in [0.1, 0.15) is 0 Å². The molecular weight excluding hydrogens is 320 g/mol. The van der Waals surface area contributed by atoms with Gasteiger partial charge in [-0.3, -0.25) is 14.8 Å². The lowest BCUT2D eigenvalue weighted by atomic mass is 10.2. The number of ether oxygens (including phenoxy) is 2. The molecular formula is C15H18N2O5S. The first-order valence-electron chi connectivity index (χ1n) is 7.42. The van der Waals surface area contributed by atoms with Gasteiger partial charge >= 0.3 is 0 Å². The van der Waals surface area contributed by atoms with Gasteiger partial charge in [0.05, 0.1) is 24.2 Å². The van der Waals surface area contributed by atoms with E-state index in [1.807, 2.05) is 24.3 Å². The highest BCUT2D eigenvalue weighted by Gasteiger charge is 2.35. The third kappa shape index (κ3) is 3.66. The average Bonchev–Trinajstić information content (AvgIpc) is 3.08. The molecule has 2 amide bonds. The molecule has 2 aliphatic heterocycles. The fourth-order valence-electron chi connectivity index (χ4n) is 2.66. The van der Waals surface area contributed by atoms with Gasteiger partial charge in [0.15, 0.2) is 6.29 Å². The summed E-state index contributed by atoms with van der Waals surface area (Å²) in [5.41, 5.74) is 2.42. The molecule has 2 heterocycles. The van der Waals surface area contributed by atoms with Gasteiger partial charge in [-0.05, 0) is 12.1 Å². The van der Waals surface area contributed by atoms with Crippen molar-refractivity contribution in [2.24, 2.45) is 0 Å². The minimum atomic E-state index is -0.572. The highest BCUT2D eigenvalue weighted by Crippen LogP contribution is 2.40. The monoisotopic (exact) mass is 338 g/mol. The number of carbonyl (C=O) groups excluding carboxylic acids is 2. The third-order valence-corrected chi connectivity index (χ3v) is 4.99. The van der Waals surface area contributed by atoms with E-state index in [9.17, 15) is 9.59 Å². The molecule has 124 valence electrons. The van der Waals surface area contributed by atoms with Crippen molar-refractivity contribution in [2.45, 2.75) is 29.3 Å². The molecule has 1 aromatic rings. The number of fused-ring (bicyclic) bond motifs is 1. The van der Waals surface area contributed by atoms with Crippen LogP contribution in [0, 0.1) is 0 Å². The Morgan fingerprint density at radius 3 is 2.83 bits per heavy atom. The fraction of sp³-hybridized carbons (Fsp3) is 0.467. The maximum Gasteiger partial charge on any atom is 0.244 e. The van der Waals surface area contributed by atoms with Gasteiger partial charge in [0.25, 0.3) is 0 Å². The van der Waals surface area contributed by atoms with Crippen LogP contribution in [-0.2, 0) is 19.1 Å². The predicted molar refractivity (Wildman–Crippen MR) is 83.3 cm³/mol. The molecule has 1 aromatic carbocycles. The Bertz CT molecular complexity index is 591. The Hall–Kier alpha value is -1.61. The third-order valence-electron chi connectivity index (χ3n) is 3.74. The van der Waals surface area contributed by atoms with E-state index in [2.05, 4.69) is 0 Å². The van der Waals surface area contributed by atoms with Crippen molar-refractivity contribution in [1.29, 1.82) is 0 Å². The lowest BCUT2D eigenvalue weighted by molar-refractivity contribution is -0.131. The molecule has 2 aliphatic rings. The molecule has 1 saturated heterocycles. The highest BCUT2D eigenvalue weighted by atomic mass is 32.2. The van der Waals surface area contributed by atoms with Crippen LogP contribution in [-0.4, -0.2) is 48.3 Å². The maximum atomic E-state index is 12.7. The standard InChI is InChI=1S/C15H18N2O5S/c18-13(16-20)9-12-15(19)17(6-5-14-21-7-8-22-14)10-3-1-2-4-11(10)23-12/h1-4,12,14,20H,5-9H2,(H,16,18). The summed E-state index contributed by atoms with van der Waals surface area (Å²) in [7, 11) is 0. The zero-order valence-electron chi connectivity index (χ0n) is 12.4. The van der Waals surface area contributed by atoms with Crippen molar-refractivity contribution < 1.29 is 24.3 Å². The van der Waals surface area contributed by atoms with Crippen LogP contribution in [0.15, 0.2) is 29.2 Å². The van der Waals surface area contributed by atoms with Gasteiger partial charge < -0.3 is 14.4 Å². The van der Waals surface area contributed by atoms with Crippen molar-refractivity contribution in [1.82, 2.24) is 5.48 Å². The number of hydroxylamine groups is 1. The van der Waals surface area contributed by atoms with Crippen LogP contribution in [0.1, 0.15) is 12.8 Å². The molecule has 1 atom stereocenters. The highest BCUT2D eigenvalue weighted by molar-refractivity contribution is 8.01. The number of anilines is 1. The van der Waals surface area contributed by atoms with Crippen LogP contribution >= 0.6 is 11.8 Å². The van der Waals surface area contributed by atoms with E-state index in [1.165, 1.54) is 11.8 Å². The smallest absolute Gasteiger partial charge is 0.244 e. The molecule has 1 fully saturated rings. The summed E-state index contributed by atoms with van der Waals surface area (Å²) >= 11 is 1.35. The summed E-state index contributed by atoms with van der Waals surface area (Å²) in [6.45, 7) is 1.60. The van der Waals surface area contributed by atoms with E-state index < -0.39 is 11.2 Å². The van der Waals surface area contributed by atoms with Crippen LogP contribution in [0.5, 0.6) is 0 Å². The molecule has 2 N–H and O–H groups in total. The fourth-order valence-corrected chi connectivity index (χ4v) is 3.88. The second-order valence-corrected chi connectivity index (χ2v) is 6.51. The number of hydrogen-bond donors (Lipinski definition) is 2. The molecule has 0 spiro atoms. The molecule has 0 radical (unpaired) electrons. The number of rotatable bonds is 5. The summed E-state index contributed by atoms with van der Waals surface area (Å²) in [5, 5.41) is 8.14. The number of hydrogen-bond acceptors (Lipinski definition) is 6. The van der Waals surface area contributed by atoms with Crippen molar-refractivity contribution in [3.8, 4) is 0 Å². The first kappa shape index (κ1) is 16.3. The number of benzene rings is 1. The molecule has 7 nitrogen and oxygen atoms in total. The van der Waals surface area contributed by atoms with Crippen LogP contribution in [0.4, 0.5) is 5.69 Å². The number of para-hydroxylation sites is 1. The lowest BCUT2D eigenvalue weighted by Gasteiger charge is -2.33. The minimum Gasteiger partial charge on any atom is -0.350 e. The average molecular weight is 338 g/mol. The van der Waals surface area contributed by atoms with E-state index in [0.717, 1.165) is 10.6 Å². The van der Waals surface area contributed by atoms with Crippen molar-refractivity contribution in [2.75, 3.05) is 24.7 Å². The van der Waals surface area contributed by atoms with Crippen LogP contribution in [0.25, 0.3) is 0 Å². The SMILES string of the molecule is O=C(CC1Sc2ccccc2N(CCC2OCCO2)C1=O)NO. The Balaban J connectivity index is 1.76. The molecule has 1 unspecified atom stereocenters. The van der Waals surface area contributed by atoms with E-state index >= 15 is 0 Å². The Morgan fingerprint density at radius 1 is 1.35 bits per heavy atom. The van der Waals surface area contributed by atoms with Gasteiger partial charge in [-0.25, -0.2) is 5.48 Å². The number of thioether (sulfide) groups is 1. The van der Waals surface area contributed by atoms with Gasteiger partial charge in [0.2, 0.25) is 11.8 Å². The molecule has 0 aliphatic carbocycles. The summed E-state index contributed by atoms with van der Waals surface area (Å²) in [5.74, 6) is -0.715. The van der Waals surface area contributed by atoms with Crippen LogP contribution in [0.3, 0.4) is 0 Å². The molecule has 0 aromatic heterocycles. The zero-order valence-corrected chi connectivity index (χ0v) is 13.3. The number of nitrogens with zero attached hydrogens (tertiary/aromatic N) is 1. The second-order valence-electron chi connectivity index (χ2n) is 5.26. The maximum absolute atomic E-state index is 12.7. The molecule has 0 bridgehead atoms. The van der Waals surface area contributed by atoms with Gasteiger partial charge in [-0.2, -0.15) is 0 Å². The number of nitrogens with one attached hydrogen (secondary N) is 1. The first-order chi connectivity index (χ1) is 11.2. The summed E-state index contributed by atoms with van der Waals surface area (Å²) in [4.78, 5) is 26.7. The molecule has 8 heteroatoms. The molecule has 3 rings (SSSR count). The molecule has 0 saturated carbocycles. The van der Waals surface area contributed by atoms with E-state index in [-0.39, 0.29) is 18.6 Å². The summed E-state index contributed by atoms with van der Waals surface area (Å²) in [6.07, 6.45) is 0.217. The van der Waals surface area contributed by atoms with E-state index in [4.69, 9.17) is 14.7 Å². The van der Waals surface area contributed by atoms with Crippen molar-refractivity contribution in [3.05, 3.63) is 24.3 Å². The minimum absolute atomic E-state index is 0.0682. The number of amides is 2. The lowest BCUT2D eigenvalue weighted by Crippen LogP contribution is -2.44. The number of carbonyl (C=O) groups is 2. The zero-order chi connectivity index (χ0) is 16.2. The van der Waals surface area contributed by atoms with Crippen molar-refractivity contribution >= 4 is 29.3 Å². The Labute approximate surface area is 137 Å². The first-order valence-corrected chi connectivity index (χ1v) is 8.30. The molecule has 23 heavy (non-hydrogen) atoms.